The number of anilines is 1. The van der Waals surface area contributed by atoms with Gasteiger partial charge in [-0.2, -0.15) is 4.98 Å². The first kappa shape index (κ1) is 21.2. The number of hydrogen-bond acceptors (Lipinski definition) is 6. The highest BCUT2D eigenvalue weighted by Crippen LogP contribution is 2.43. The van der Waals surface area contributed by atoms with Gasteiger partial charge < -0.3 is 24.9 Å². The van der Waals surface area contributed by atoms with Crippen molar-refractivity contribution >= 4 is 28.9 Å². The van der Waals surface area contributed by atoms with Crippen molar-refractivity contribution in [3.63, 3.8) is 0 Å². The van der Waals surface area contributed by atoms with Crippen molar-refractivity contribution in [2.45, 2.75) is 76.0 Å². The molecule has 2 unspecified atom stereocenters. The van der Waals surface area contributed by atoms with E-state index in [1.807, 2.05) is 37.9 Å². The van der Waals surface area contributed by atoms with E-state index in [1.54, 1.807) is 4.90 Å². The number of carbonyl (C=O) groups excluding carboxylic acids is 2. The average Bonchev–Trinajstić information content (AvgIpc) is 3.14. The predicted molar refractivity (Wildman–Crippen MR) is 123 cm³/mol. The Bertz CT molecular complexity index is 1050. The molecule has 4 atom stereocenters. The minimum Gasteiger partial charge on any atom is -0.423 e. The summed E-state index contributed by atoms with van der Waals surface area (Å²) >= 11 is 0. The van der Waals surface area contributed by atoms with Crippen molar-refractivity contribution in [3.05, 3.63) is 23.3 Å². The topological polar surface area (TPSA) is 95.9 Å². The number of nitrogens with zero attached hydrogens (tertiary/aromatic N) is 4. The Hall–Kier alpha value is -2.61. The molecule has 3 saturated heterocycles. The molecule has 5 rings (SSSR count). The van der Waals surface area contributed by atoms with Crippen molar-refractivity contribution in [1.29, 1.82) is 0 Å². The fourth-order valence-corrected chi connectivity index (χ4v) is 6.33. The van der Waals surface area contributed by atoms with E-state index in [9.17, 15) is 9.59 Å². The van der Waals surface area contributed by atoms with Crippen molar-refractivity contribution in [2.24, 2.45) is 5.73 Å². The van der Waals surface area contributed by atoms with E-state index >= 15 is 0 Å². The van der Waals surface area contributed by atoms with Crippen LogP contribution in [0.4, 0.5) is 6.01 Å². The van der Waals surface area contributed by atoms with Crippen LogP contribution in [-0.4, -0.2) is 71.4 Å². The molecular weight excluding hydrogens is 406 g/mol. The second kappa shape index (κ2) is 7.76. The zero-order chi connectivity index (χ0) is 22.7. The standard InChI is InChI=1S/C24H33N5O3/c1-13-12-27(3)23(31)14(2)29(13)24-26-21-19(32-24)9-8-18(20(21)22(25)30)15-10-16-6-5-7-17(11-15)28(16)4/h8-9,13-17H,5-7,10-12H2,1-4H3,(H2,25,30)/t13-,14-,15?,16?,17?/m0/s1. The second-order valence-electron chi connectivity index (χ2n) is 9.96. The molecule has 0 spiro atoms. The Kier molecular flexibility index (Phi) is 5.15. The third kappa shape index (κ3) is 3.27. The molecule has 0 saturated carbocycles. The van der Waals surface area contributed by atoms with Gasteiger partial charge in [0.15, 0.2) is 5.58 Å². The Morgan fingerprint density at radius 2 is 1.84 bits per heavy atom. The van der Waals surface area contributed by atoms with E-state index in [4.69, 9.17) is 15.1 Å². The number of piperidine rings is 2. The monoisotopic (exact) mass is 439 g/mol. The summed E-state index contributed by atoms with van der Waals surface area (Å²) < 4.78 is 6.08. The summed E-state index contributed by atoms with van der Waals surface area (Å²) in [6, 6.07) is 5.05. The van der Waals surface area contributed by atoms with E-state index in [1.165, 1.54) is 19.3 Å². The van der Waals surface area contributed by atoms with Crippen LogP contribution in [0, 0.1) is 0 Å². The van der Waals surface area contributed by atoms with Gasteiger partial charge in [0.2, 0.25) is 5.91 Å². The maximum absolute atomic E-state index is 12.7. The van der Waals surface area contributed by atoms with Gasteiger partial charge in [0.05, 0.1) is 5.56 Å². The molecule has 3 aliphatic heterocycles. The minimum absolute atomic E-state index is 0.0269. The minimum atomic E-state index is -0.468. The summed E-state index contributed by atoms with van der Waals surface area (Å²) in [5.74, 6) is -0.152. The predicted octanol–water partition coefficient (Wildman–Crippen LogP) is 2.71. The van der Waals surface area contributed by atoms with Crippen LogP contribution in [-0.2, 0) is 4.79 Å². The van der Waals surface area contributed by atoms with Crippen LogP contribution in [0.15, 0.2) is 16.5 Å². The van der Waals surface area contributed by atoms with Gasteiger partial charge in [-0.25, -0.2) is 0 Å². The van der Waals surface area contributed by atoms with Crippen LogP contribution in [0.3, 0.4) is 0 Å². The van der Waals surface area contributed by atoms with Crippen molar-refractivity contribution in [2.75, 3.05) is 25.5 Å². The molecule has 3 aliphatic rings. The Morgan fingerprint density at radius 3 is 2.50 bits per heavy atom. The molecule has 172 valence electrons. The maximum atomic E-state index is 12.7. The first-order valence-corrected chi connectivity index (χ1v) is 11.7. The average molecular weight is 440 g/mol. The maximum Gasteiger partial charge on any atom is 0.299 e. The number of rotatable bonds is 3. The Morgan fingerprint density at radius 1 is 1.16 bits per heavy atom. The lowest BCUT2D eigenvalue weighted by Gasteiger charge is -2.47. The van der Waals surface area contributed by atoms with Crippen LogP contribution in [0.2, 0.25) is 0 Å². The number of carbonyl (C=O) groups is 2. The second-order valence-corrected chi connectivity index (χ2v) is 9.96. The molecule has 3 fully saturated rings. The number of nitrogens with two attached hydrogens (primary N) is 1. The summed E-state index contributed by atoms with van der Waals surface area (Å²) in [6.45, 7) is 4.50. The smallest absolute Gasteiger partial charge is 0.299 e. The van der Waals surface area contributed by atoms with Gasteiger partial charge in [-0.1, -0.05) is 12.5 Å². The summed E-state index contributed by atoms with van der Waals surface area (Å²) in [4.78, 5) is 36.1. The number of piperazine rings is 1. The van der Waals surface area contributed by atoms with E-state index in [2.05, 4.69) is 11.9 Å². The van der Waals surface area contributed by atoms with E-state index in [-0.39, 0.29) is 23.9 Å². The van der Waals surface area contributed by atoms with Crippen molar-refractivity contribution < 1.29 is 14.0 Å². The highest BCUT2D eigenvalue weighted by molar-refractivity contribution is 6.05. The normalized spacial score (nSPS) is 31.4. The zero-order valence-electron chi connectivity index (χ0n) is 19.4. The number of oxazole rings is 1. The number of amides is 2. The molecule has 4 heterocycles. The molecule has 0 aliphatic carbocycles. The number of fused-ring (bicyclic) bond motifs is 3. The molecule has 1 aromatic carbocycles. The van der Waals surface area contributed by atoms with Gasteiger partial charge in [0.1, 0.15) is 11.6 Å². The largest absolute Gasteiger partial charge is 0.423 e. The van der Waals surface area contributed by atoms with Gasteiger partial charge in [-0.3, -0.25) is 9.59 Å². The molecule has 8 heteroatoms. The van der Waals surface area contributed by atoms with Crippen LogP contribution >= 0.6 is 0 Å². The SMILES string of the molecule is C[C@H]1CN(C)C(=O)[C@H](C)N1c1nc2c(C(N)=O)c(C3CC4CCCC(C3)N4C)ccc2o1. The molecule has 2 amide bonds. The van der Waals surface area contributed by atoms with Crippen LogP contribution in [0.25, 0.3) is 11.1 Å². The summed E-state index contributed by atoms with van der Waals surface area (Å²) in [7, 11) is 4.04. The van der Waals surface area contributed by atoms with Gasteiger partial charge >= 0.3 is 0 Å². The van der Waals surface area contributed by atoms with Crippen LogP contribution < -0.4 is 10.6 Å². The number of primary amides is 1. The summed E-state index contributed by atoms with van der Waals surface area (Å²) in [5.41, 5.74) is 8.43. The first-order chi connectivity index (χ1) is 15.3. The van der Waals surface area contributed by atoms with E-state index in [0.29, 0.717) is 41.3 Å². The highest BCUT2D eigenvalue weighted by atomic mass is 16.4. The molecular formula is C24H33N5O3. The number of hydrogen-bond donors (Lipinski definition) is 1. The molecule has 8 nitrogen and oxygen atoms in total. The van der Waals surface area contributed by atoms with Crippen LogP contribution in [0.5, 0.6) is 0 Å². The van der Waals surface area contributed by atoms with E-state index < -0.39 is 5.91 Å². The Labute approximate surface area is 188 Å². The van der Waals surface area contributed by atoms with Crippen LogP contribution in [0.1, 0.15) is 67.8 Å². The fourth-order valence-electron chi connectivity index (χ4n) is 6.33. The third-order valence-corrected chi connectivity index (χ3v) is 7.99. The quantitative estimate of drug-likeness (QED) is 0.790. The number of benzene rings is 1. The number of aromatic nitrogens is 1. The van der Waals surface area contributed by atoms with Crippen molar-refractivity contribution in [1.82, 2.24) is 14.8 Å². The lowest BCUT2D eigenvalue weighted by Crippen LogP contribution is -2.59. The zero-order valence-corrected chi connectivity index (χ0v) is 19.4. The summed E-state index contributed by atoms with van der Waals surface area (Å²) in [5, 5.41) is 0. The number of likely N-dealkylation sites (N-methyl/N-ethyl adjacent to an activating group) is 1. The molecule has 2 aromatic rings. The lowest BCUT2D eigenvalue weighted by atomic mass is 9.75. The summed E-state index contributed by atoms with van der Waals surface area (Å²) in [6.07, 6.45) is 5.76. The molecule has 32 heavy (non-hydrogen) atoms. The molecule has 2 bridgehead atoms. The van der Waals surface area contributed by atoms with Gasteiger partial charge in [0, 0.05) is 31.7 Å². The molecule has 0 radical (unpaired) electrons. The fraction of sp³-hybridized carbons (Fsp3) is 0.625. The Balaban J connectivity index is 1.55. The van der Waals surface area contributed by atoms with Gasteiger partial charge in [-0.05, 0) is 64.1 Å². The lowest BCUT2D eigenvalue weighted by molar-refractivity contribution is -0.133. The van der Waals surface area contributed by atoms with Gasteiger partial charge in [0.25, 0.3) is 11.9 Å². The van der Waals surface area contributed by atoms with Gasteiger partial charge in [-0.15, -0.1) is 0 Å². The molecule has 1 aromatic heterocycles. The molecule has 2 N–H and O–H groups in total. The first-order valence-electron chi connectivity index (χ1n) is 11.7. The van der Waals surface area contributed by atoms with E-state index in [0.717, 1.165) is 18.4 Å². The highest BCUT2D eigenvalue weighted by Gasteiger charge is 2.39. The van der Waals surface area contributed by atoms with Crippen molar-refractivity contribution in [3.8, 4) is 0 Å². The third-order valence-electron chi connectivity index (χ3n) is 7.99.